The Kier molecular flexibility index (Phi) is 4.45. The van der Waals surface area contributed by atoms with Gasteiger partial charge in [-0.25, -0.2) is 9.97 Å². The van der Waals surface area contributed by atoms with Crippen molar-refractivity contribution in [3.05, 3.63) is 47.5 Å². The summed E-state index contributed by atoms with van der Waals surface area (Å²) in [7, 11) is 6.03. The monoisotopic (exact) mass is 330 g/mol. The molecule has 3 aromatic rings. The minimum atomic E-state index is 0.195. The highest BCUT2D eigenvalue weighted by Gasteiger charge is 2.16. The van der Waals surface area contributed by atoms with Crippen LogP contribution in [-0.2, 0) is 7.05 Å². The summed E-state index contributed by atoms with van der Waals surface area (Å²) in [5.74, 6) is 0.808. The fourth-order valence-corrected chi connectivity index (χ4v) is 2.74. The predicted molar refractivity (Wildman–Crippen MR) is 92.7 cm³/mol. The lowest BCUT2D eigenvalue weighted by molar-refractivity contribution is 0.311. The van der Waals surface area contributed by atoms with E-state index >= 15 is 0 Å². The Balaban J connectivity index is 1.84. The minimum absolute atomic E-state index is 0.195. The Labute approximate surface area is 140 Å². The van der Waals surface area contributed by atoms with Crippen LogP contribution >= 0.6 is 11.6 Å². The van der Waals surface area contributed by atoms with Crippen LogP contribution in [0.3, 0.4) is 0 Å². The molecule has 0 bridgehead atoms. The van der Waals surface area contributed by atoms with E-state index in [-0.39, 0.29) is 6.04 Å². The zero-order chi connectivity index (χ0) is 16.4. The first-order valence-corrected chi connectivity index (χ1v) is 7.71. The van der Waals surface area contributed by atoms with Crippen LogP contribution in [0.2, 0.25) is 5.02 Å². The van der Waals surface area contributed by atoms with Crippen LogP contribution in [0, 0.1) is 0 Å². The smallest absolute Gasteiger partial charge is 0.137 e. The first-order chi connectivity index (χ1) is 11.0. The normalized spacial score (nSPS) is 12.7. The molecule has 1 aromatic carbocycles. The Bertz CT molecular complexity index is 813. The molecule has 1 atom stereocenters. The number of halogens is 1. The molecule has 0 saturated heterocycles. The molecule has 0 aliphatic heterocycles. The van der Waals surface area contributed by atoms with Gasteiger partial charge in [-0.05, 0) is 32.3 Å². The number of benzene rings is 1. The summed E-state index contributed by atoms with van der Waals surface area (Å²) in [4.78, 5) is 10.8. The summed E-state index contributed by atoms with van der Waals surface area (Å²) in [5.41, 5.74) is 1.99. The van der Waals surface area contributed by atoms with Gasteiger partial charge in [-0.3, -0.25) is 4.68 Å². The first-order valence-electron chi connectivity index (χ1n) is 7.33. The lowest BCUT2D eigenvalue weighted by atomic mass is 10.1. The third-order valence-corrected chi connectivity index (χ3v) is 4.03. The third kappa shape index (κ3) is 3.43. The second kappa shape index (κ2) is 6.52. The van der Waals surface area contributed by atoms with Gasteiger partial charge in [0.05, 0.1) is 17.8 Å². The number of hydrogen-bond acceptors (Lipinski definition) is 5. The number of anilines is 1. The molecule has 2 aromatic heterocycles. The highest BCUT2D eigenvalue weighted by molar-refractivity contribution is 6.31. The Morgan fingerprint density at radius 2 is 2.13 bits per heavy atom. The van der Waals surface area contributed by atoms with E-state index < -0.39 is 0 Å². The number of fused-ring (bicyclic) bond motifs is 1. The lowest BCUT2D eigenvalue weighted by Crippen LogP contribution is -2.26. The fraction of sp³-hybridized carbons (Fsp3) is 0.312. The van der Waals surface area contributed by atoms with Crippen molar-refractivity contribution in [3.63, 3.8) is 0 Å². The van der Waals surface area contributed by atoms with Gasteiger partial charge in [-0.15, -0.1) is 0 Å². The van der Waals surface area contributed by atoms with Gasteiger partial charge in [0, 0.05) is 35.8 Å². The van der Waals surface area contributed by atoms with Gasteiger partial charge in [0.15, 0.2) is 0 Å². The Morgan fingerprint density at radius 3 is 2.83 bits per heavy atom. The van der Waals surface area contributed by atoms with E-state index in [1.54, 1.807) is 6.33 Å². The average molecular weight is 331 g/mol. The fourth-order valence-electron chi connectivity index (χ4n) is 2.58. The van der Waals surface area contributed by atoms with Crippen LogP contribution in [0.25, 0.3) is 10.9 Å². The van der Waals surface area contributed by atoms with Crippen molar-refractivity contribution in [1.82, 2.24) is 24.6 Å². The Morgan fingerprint density at radius 1 is 1.30 bits per heavy atom. The molecule has 6 nitrogen and oxygen atoms in total. The SMILES string of the molecule is CN(C)C(CNc1ncnc2cc(Cl)ccc12)c1cnn(C)c1. The van der Waals surface area contributed by atoms with Crippen LogP contribution < -0.4 is 5.32 Å². The van der Waals surface area contributed by atoms with Gasteiger partial charge in [0.1, 0.15) is 12.1 Å². The maximum Gasteiger partial charge on any atom is 0.137 e. The third-order valence-electron chi connectivity index (χ3n) is 3.79. The summed E-state index contributed by atoms with van der Waals surface area (Å²) < 4.78 is 1.81. The van der Waals surface area contributed by atoms with Crippen LogP contribution in [0.4, 0.5) is 5.82 Å². The van der Waals surface area contributed by atoms with Crippen LogP contribution in [0.15, 0.2) is 36.9 Å². The van der Waals surface area contributed by atoms with E-state index in [1.807, 2.05) is 42.3 Å². The van der Waals surface area contributed by atoms with Gasteiger partial charge in [0.2, 0.25) is 0 Å². The van der Waals surface area contributed by atoms with Gasteiger partial charge < -0.3 is 10.2 Å². The summed E-state index contributed by atoms with van der Waals surface area (Å²) in [6.07, 6.45) is 5.48. The summed E-state index contributed by atoms with van der Waals surface area (Å²) >= 11 is 6.03. The molecule has 2 heterocycles. The molecule has 7 heteroatoms. The number of aryl methyl sites for hydroxylation is 1. The van der Waals surface area contributed by atoms with Gasteiger partial charge in [-0.2, -0.15) is 5.10 Å². The second-order valence-electron chi connectivity index (χ2n) is 5.69. The predicted octanol–water partition coefficient (Wildman–Crippen LogP) is 2.73. The maximum absolute atomic E-state index is 6.03. The second-order valence-corrected chi connectivity index (χ2v) is 6.13. The van der Waals surface area contributed by atoms with Gasteiger partial charge in [0.25, 0.3) is 0 Å². The van der Waals surface area contributed by atoms with Gasteiger partial charge >= 0.3 is 0 Å². The molecule has 1 unspecified atom stereocenters. The zero-order valence-corrected chi connectivity index (χ0v) is 14.1. The molecule has 3 rings (SSSR count). The zero-order valence-electron chi connectivity index (χ0n) is 13.4. The van der Waals surface area contributed by atoms with Crippen LogP contribution in [-0.4, -0.2) is 45.3 Å². The van der Waals surface area contributed by atoms with Gasteiger partial charge in [-0.1, -0.05) is 11.6 Å². The number of likely N-dealkylation sites (N-methyl/N-ethyl adjacent to an activating group) is 1. The summed E-state index contributed by atoms with van der Waals surface area (Å²) in [5, 5.41) is 9.31. The van der Waals surface area contributed by atoms with Crippen molar-refractivity contribution in [2.75, 3.05) is 26.0 Å². The molecule has 120 valence electrons. The number of rotatable bonds is 5. The van der Waals surface area contributed by atoms with Crippen molar-refractivity contribution in [3.8, 4) is 0 Å². The molecule has 0 fully saturated rings. The molecule has 0 aliphatic rings. The van der Waals surface area contributed by atoms with E-state index in [0.29, 0.717) is 11.6 Å². The number of nitrogens with one attached hydrogen (secondary N) is 1. The number of aromatic nitrogens is 4. The highest BCUT2D eigenvalue weighted by atomic mass is 35.5. The molecule has 1 N–H and O–H groups in total. The van der Waals surface area contributed by atoms with Crippen molar-refractivity contribution in [1.29, 1.82) is 0 Å². The molecule has 0 saturated carbocycles. The number of nitrogens with zero attached hydrogens (tertiary/aromatic N) is 5. The first kappa shape index (κ1) is 15.7. The molecule has 0 radical (unpaired) electrons. The largest absolute Gasteiger partial charge is 0.368 e. The quantitative estimate of drug-likeness (QED) is 0.779. The van der Waals surface area contributed by atoms with Crippen LogP contribution in [0.5, 0.6) is 0 Å². The molecular formula is C16H19ClN6. The minimum Gasteiger partial charge on any atom is -0.368 e. The van der Waals surface area contributed by atoms with Crippen LogP contribution in [0.1, 0.15) is 11.6 Å². The summed E-state index contributed by atoms with van der Waals surface area (Å²) in [6.45, 7) is 0.716. The molecule has 0 amide bonds. The van der Waals surface area contributed by atoms with Crippen molar-refractivity contribution >= 4 is 28.3 Å². The van der Waals surface area contributed by atoms with Crippen molar-refractivity contribution < 1.29 is 0 Å². The van der Waals surface area contributed by atoms with E-state index in [0.717, 1.165) is 22.3 Å². The van der Waals surface area contributed by atoms with E-state index in [4.69, 9.17) is 11.6 Å². The highest BCUT2D eigenvalue weighted by Crippen LogP contribution is 2.24. The molecule has 0 aliphatic carbocycles. The standard InChI is InChI=1S/C16H19ClN6/c1-22(2)15(11-7-21-23(3)9-11)8-18-16-13-5-4-12(17)6-14(13)19-10-20-16/h4-7,9-10,15H,8H2,1-3H3,(H,18,19,20). The number of hydrogen-bond donors (Lipinski definition) is 1. The molecular weight excluding hydrogens is 312 g/mol. The Hall–Kier alpha value is -2.18. The summed E-state index contributed by atoms with van der Waals surface area (Å²) in [6, 6.07) is 5.83. The van der Waals surface area contributed by atoms with E-state index in [2.05, 4.69) is 39.4 Å². The topological polar surface area (TPSA) is 58.9 Å². The van der Waals surface area contributed by atoms with E-state index in [1.165, 1.54) is 0 Å². The lowest BCUT2D eigenvalue weighted by Gasteiger charge is -2.24. The average Bonchev–Trinajstić information content (AvgIpc) is 2.93. The van der Waals surface area contributed by atoms with Crippen molar-refractivity contribution in [2.24, 2.45) is 7.05 Å². The van der Waals surface area contributed by atoms with E-state index in [9.17, 15) is 0 Å². The molecule has 0 spiro atoms. The molecule has 23 heavy (non-hydrogen) atoms. The van der Waals surface area contributed by atoms with Crippen molar-refractivity contribution in [2.45, 2.75) is 6.04 Å². The maximum atomic E-state index is 6.03.